The molecule has 0 aliphatic carbocycles. The number of benzene rings is 1. The number of nitrogens with one attached hydrogen (secondary N) is 1. The lowest BCUT2D eigenvalue weighted by Gasteiger charge is -2.08. The number of alkyl halides is 1. The highest BCUT2D eigenvalue weighted by molar-refractivity contribution is 9.10. The van der Waals surface area contributed by atoms with Crippen LogP contribution in [0.15, 0.2) is 12.1 Å². The molecule has 0 bridgehead atoms. The standard InChI is InChI=1S/C9H7BrF2N2O3/c1-4(10)9(15)13-8-6(12)2-5(11)3-7(8)14(16)17/h2-4H,1H3,(H,13,15). The SMILES string of the molecule is CC(Br)C(=O)Nc1c(F)cc(F)cc1[N+](=O)[O-]. The molecule has 0 heterocycles. The molecule has 0 saturated carbocycles. The van der Waals surface area contributed by atoms with Gasteiger partial charge >= 0.3 is 0 Å². The summed E-state index contributed by atoms with van der Waals surface area (Å²) in [6.07, 6.45) is 0. The molecule has 8 heteroatoms. The molecule has 17 heavy (non-hydrogen) atoms. The lowest BCUT2D eigenvalue weighted by Crippen LogP contribution is -2.21. The molecule has 0 fully saturated rings. The highest BCUT2D eigenvalue weighted by atomic mass is 79.9. The summed E-state index contributed by atoms with van der Waals surface area (Å²) in [5.74, 6) is -2.95. The topological polar surface area (TPSA) is 72.2 Å². The molecular weight excluding hydrogens is 302 g/mol. The van der Waals surface area contributed by atoms with E-state index in [4.69, 9.17) is 0 Å². The van der Waals surface area contributed by atoms with Gasteiger partial charge in [-0.25, -0.2) is 8.78 Å². The van der Waals surface area contributed by atoms with Crippen molar-refractivity contribution in [3.8, 4) is 0 Å². The van der Waals surface area contributed by atoms with Crippen LogP contribution in [0, 0.1) is 21.7 Å². The van der Waals surface area contributed by atoms with Crippen molar-refractivity contribution in [3.63, 3.8) is 0 Å². The Morgan fingerprint density at radius 3 is 2.59 bits per heavy atom. The average Bonchev–Trinajstić information content (AvgIpc) is 2.20. The van der Waals surface area contributed by atoms with E-state index < -0.39 is 38.7 Å². The molecule has 1 unspecified atom stereocenters. The Balaban J connectivity index is 3.22. The van der Waals surface area contributed by atoms with Gasteiger partial charge in [-0.15, -0.1) is 0 Å². The number of rotatable bonds is 3. The zero-order valence-electron chi connectivity index (χ0n) is 8.54. The van der Waals surface area contributed by atoms with Gasteiger partial charge in [-0.1, -0.05) is 15.9 Å². The highest BCUT2D eigenvalue weighted by Gasteiger charge is 2.23. The van der Waals surface area contributed by atoms with Crippen molar-refractivity contribution < 1.29 is 18.5 Å². The first kappa shape index (κ1) is 13.5. The number of halogens is 3. The fourth-order valence-electron chi connectivity index (χ4n) is 1.05. The fourth-order valence-corrected chi connectivity index (χ4v) is 1.16. The molecule has 0 spiro atoms. The Hall–Kier alpha value is -1.57. The van der Waals surface area contributed by atoms with Gasteiger partial charge in [-0.3, -0.25) is 14.9 Å². The third-order valence-electron chi connectivity index (χ3n) is 1.84. The van der Waals surface area contributed by atoms with Gasteiger partial charge < -0.3 is 5.32 Å². The normalized spacial score (nSPS) is 12.0. The van der Waals surface area contributed by atoms with Crippen molar-refractivity contribution in [1.29, 1.82) is 0 Å². The molecule has 1 amide bonds. The number of carbonyl (C=O) groups excluding carboxylic acids is 1. The summed E-state index contributed by atoms with van der Waals surface area (Å²) in [7, 11) is 0. The van der Waals surface area contributed by atoms with Crippen LogP contribution in [0.2, 0.25) is 0 Å². The van der Waals surface area contributed by atoms with Crippen molar-refractivity contribution in [3.05, 3.63) is 33.9 Å². The molecule has 1 rings (SSSR count). The number of hydrogen-bond donors (Lipinski definition) is 1. The van der Waals surface area contributed by atoms with Crippen molar-refractivity contribution >= 4 is 33.2 Å². The Bertz CT molecular complexity index is 480. The number of carbonyl (C=O) groups is 1. The minimum absolute atomic E-state index is 0.460. The van der Waals surface area contributed by atoms with Gasteiger partial charge in [0.25, 0.3) is 5.69 Å². The summed E-state index contributed by atoms with van der Waals surface area (Å²) in [4.78, 5) is 20.2. The zero-order chi connectivity index (χ0) is 13.2. The van der Waals surface area contributed by atoms with Crippen LogP contribution in [0.3, 0.4) is 0 Å². The quantitative estimate of drug-likeness (QED) is 0.530. The molecule has 92 valence electrons. The van der Waals surface area contributed by atoms with Crippen molar-refractivity contribution in [1.82, 2.24) is 0 Å². The first-order chi connectivity index (χ1) is 7.82. The molecule has 0 radical (unpaired) electrons. The van der Waals surface area contributed by atoms with Crippen molar-refractivity contribution in [2.24, 2.45) is 0 Å². The second kappa shape index (κ2) is 5.17. The Kier molecular flexibility index (Phi) is 4.11. The lowest BCUT2D eigenvalue weighted by molar-refractivity contribution is -0.384. The molecule has 0 aliphatic rings. The fraction of sp³-hybridized carbons (Fsp3) is 0.222. The number of anilines is 1. The highest BCUT2D eigenvalue weighted by Crippen LogP contribution is 2.28. The first-order valence-electron chi connectivity index (χ1n) is 4.41. The third kappa shape index (κ3) is 3.19. The van der Waals surface area contributed by atoms with Crippen LogP contribution in [0.25, 0.3) is 0 Å². The minimum Gasteiger partial charge on any atom is -0.317 e. The van der Waals surface area contributed by atoms with Gasteiger partial charge in [-0.05, 0) is 6.92 Å². The Morgan fingerprint density at radius 2 is 2.12 bits per heavy atom. The maximum atomic E-state index is 13.3. The van der Waals surface area contributed by atoms with E-state index in [9.17, 15) is 23.7 Å². The van der Waals surface area contributed by atoms with E-state index >= 15 is 0 Å². The summed E-state index contributed by atoms with van der Waals surface area (Å²) in [6.45, 7) is 1.46. The zero-order valence-corrected chi connectivity index (χ0v) is 10.1. The summed E-state index contributed by atoms with van der Waals surface area (Å²) >= 11 is 2.92. The van der Waals surface area contributed by atoms with E-state index in [1.807, 2.05) is 5.32 Å². The van der Waals surface area contributed by atoms with E-state index in [1.54, 1.807) is 0 Å². The molecule has 5 nitrogen and oxygen atoms in total. The second-order valence-corrected chi connectivity index (χ2v) is 4.52. The number of nitrogens with zero attached hydrogens (tertiary/aromatic N) is 1. The summed E-state index contributed by atoms with van der Waals surface area (Å²) in [6, 6.07) is 0.999. The molecule has 1 aromatic carbocycles. The minimum atomic E-state index is -1.20. The van der Waals surface area contributed by atoms with Gasteiger partial charge in [-0.2, -0.15) is 0 Å². The van der Waals surface area contributed by atoms with Crippen LogP contribution >= 0.6 is 15.9 Å². The van der Waals surface area contributed by atoms with Crippen LogP contribution in [-0.4, -0.2) is 15.7 Å². The van der Waals surface area contributed by atoms with Gasteiger partial charge in [0.1, 0.15) is 5.82 Å². The van der Waals surface area contributed by atoms with Crippen molar-refractivity contribution in [2.45, 2.75) is 11.8 Å². The maximum Gasteiger partial charge on any atom is 0.298 e. The Labute approximate surface area is 103 Å². The molecule has 0 saturated heterocycles. The smallest absolute Gasteiger partial charge is 0.298 e. The monoisotopic (exact) mass is 308 g/mol. The maximum absolute atomic E-state index is 13.3. The lowest BCUT2D eigenvalue weighted by atomic mass is 10.2. The average molecular weight is 309 g/mol. The van der Waals surface area contributed by atoms with Gasteiger partial charge in [0.2, 0.25) is 5.91 Å². The predicted octanol–water partition coefficient (Wildman–Crippen LogP) is 2.59. The third-order valence-corrected chi connectivity index (χ3v) is 2.26. The van der Waals surface area contributed by atoms with Crippen LogP contribution < -0.4 is 5.32 Å². The molecule has 1 atom stereocenters. The largest absolute Gasteiger partial charge is 0.317 e. The van der Waals surface area contributed by atoms with Gasteiger partial charge in [0.05, 0.1) is 15.8 Å². The van der Waals surface area contributed by atoms with Crippen LogP contribution in [0.1, 0.15) is 6.92 Å². The van der Waals surface area contributed by atoms with Gasteiger partial charge in [0, 0.05) is 6.07 Å². The molecular formula is C9H7BrF2N2O3. The van der Waals surface area contributed by atoms with Crippen LogP contribution in [0.5, 0.6) is 0 Å². The molecule has 0 aromatic heterocycles. The molecule has 1 N–H and O–H groups in total. The summed E-state index contributed by atoms with van der Waals surface area (Å²) in [5, 5.41) is 12.6. The number of amides is 1. The van der Waals surface area contributed by atoms with Crippen LogP contribution in [0.4, 0.5) is 20.2 Å². The molecule has 0 aliphatic heterocycles. The number of nitro benzene ring substituents is 1. The van der Waals surface area contributed by atoms with E-state index in [1.165, 1.54) is 6.92 Å². The number of nitro groups is 1. The van der Waals surface area contributed by atoms with Gasteiger partial charge in [0.15, 0.2) is 11.5 Å². The summed E-state index contributed by atoms with van der Waals surface area (Å²) < 4.78 is 26.1. The van der Waals surface area contributed by atoms with Crippen LogP contribution in [-0.2, 0) is 4.79 Å². The number of hydrogen-bond acceptors (Lipinski definition) is 3. The first-order valence-corrected chi connectivity index (χ1v) is 5.33. The second-order valence-electron chi connectivity index (χ2n) is 3.14. The Morgan fingerprint density at radius 1 is 1.53 bits per heavy atom. The van der Waals surface area contributed by atoms with E-state index in [0.717, 1.165) is 0 Å². The predicted molar refractivity (Wildman–Crippen MR) is 60.0 cm³/mol. The summed E-state index contributed by atoms with van der Waals surface area (Å²) in [5.41, 5.74) is -1.48. The van der Waals surface area contributed by atoms with E-state index in [2.05, 4.69) is 15.9 Å². The van der Waals surface area contributed by atoms with E-state index in [-0.39, 0.29) is 0 Å². The van der Waals surface area contributed by atoms with Crippen molar-refractivity contribution in [2.75, 3.05) is 5.32 Å². The van der Waals surface area contributed by atoms with E-state index in [0.29, 0.717) is 12.1 Å². The molecule has 1 aromatic rings.